The number of nitrogens with two attached hydrogens (primary N) is 1. The summed E-state index contributed by atoms with van der Waals surface area (Å²) in [6.45, 7) is 3.00. The molecule has 1 aliphatic rings. The van der Waals surface area contributed by atoms with Crippen molar-refractivity contribution in [2.24, 2.45) is 7.05 Å². The van der Waals surface area contributed by atoms with Crippen LogP contribution in [0.4, 0.5) is 10.1 Å². The number of alkyl halides is 1. The number of anilines is 1. The molecular formula is C17H23FN4O. The first-order valence-corrected chi connectivity index (χ1v) is 8.00. The summed E-state index contributed by atoms with van der Waals surface area (Å²) < 4.78 is 20.9. The van der Waals surface area contributed by atoms with Gasteiger partial charge in [-0.3, -0.25) is 9.58 Å². The summed E-state index contributed by atoms with van der Waals surface area (Å²) in [5, 5.41) is 4.20. The van der Waals surface area contributed by atoms with Crippen molar-refractivity contribution < 1.29 is 9.13 Å². The van der Waals surface area contributed by atoms with Crippen molar-refractivity contribution >= 4 is 5.69 Å². The van der Waals surface area contributed by atoms with Crippen molar-refractivity contribution in [3.05, 3.63) is 30.5 Å². The molecule has 2 N–H and O–H groups in total. The van der Waals surface area contributed by atoms with Crippen LogP contribution >= 0.6 is 0 Å². The van der Waals surface area contributed by atoms with E-state index in [1.165, 1.54) is 0 Å². The van der Waals surface area contributed by atoms with E-state index in [1.54, 1.807) is 10.9 Å². The van der Waals surface area contributed by atoms with Crippen LogP contribution in [0, 0.1) is 0 Å². The maximum absolute atomic E-state index is 13.2. The van der Waals surface area contributed by atoms with Crippen LogP contribution in [0.2, 0.25) is 0 Å². The Hall–Kier alpha value is -2.08. The Morgan fingerprint density at radius 1 is 1.30 bits per heavy atom. The maximum atomic E-state index is 13.2. The largest absolute Gasteiger partial charge is 0.492 e. The van der Waals surface area contributed by atoms with Gasteiger partial charge in [-0.25, -0.2) is 4.39 Å². The minimum atomic E-state index is -0.638. The average molecular weight is 318 g/mol. The molecule has 0 unspecified atom stereocenters. The van der Waals surface area contributed by atoms with E-state index in [0.29, 0.717) is 25.1 Å². The molecule has 0 amide bonds. The van der Waals surface area contributed by atoms with Gasteiger partial charge in [-0.15, -0.1) is 0 Å². The van der Waals surface area contributed by atoms with Gasteiger partial charge in [-0.1, -0.05) is 0 Å². The van der Waals surface area contributed by atoms with Gasteiger partial charge in [0.1, 0.15) is 18.5 Å². The van der Waals surface area contributed by atoms with E-state index in [2.05, 4.69) is 10.00 Å². The molecule has 6 heteroatoms. The topological polar surface area (TPSA) is 56.3 Å². The summed E-state index contributed by atoms with van der Waals surface area (Å²) in [5.74, 6) is 0.795. The van der Waals surface area contributed by atoms with Crippen LogP contribution in [-0.4, -0.2) is 47.1 Å². The van der Waals surface area contributed by atoms with Crippen LogP contribution in [0.5, 0.6) is 5.75 Å². The fourth-order valence-corrected chi connectivity index (χ4v) is 2.92. The van der Waals surface area contributed by atoms with Gasteiger partial charge in [-0.05, 0) is 37.1 Å². The minimum absolute atomic E-state index is 0.575. The van der Waals surface area contributed by atoms with Crippen LogP contribution in [0.25, 0.3) is 11.3 Å². The Kier molecular flexibility index (Phi) is 4.81. The predicted molar refractivity (Wildman–Crippen MR) is 89.1 cm³/mol. The fourth-order valence-electron chi connectivity index (χ4n) is 2.92. The Morgan fingerprint density at radius 3 is 2.78 bits per heavy atom. The Labute approximate surface area is 135 Å². The van der Waals surface area contributed by atoms with Crippen molar-refractivity contribution in [1.29, 1.82) is 0 Å². The number of nitrogen functional groups attached to an aromatic ring is 1. The lowest BCUT2D eigenvalue weighted by atomic mass is 10.1. The molecular weight excluding hydrogens is 295 g/mol. The number of benzene rings is 1. The first kappa shape index (κ1) is 15.8. The van der Waals surface area contributed by atoms with Crippen LogP contribution < -0.4 is 10.5 Å². The van der Waals surface area contributed by atoms with Crippen molar-refractivity contribution in [2.45, 2.75) is 19.0 Å². The second-order valence-electron chi connectivity index (χ2n) is 5.96. The van der Waals surface area contributed by atoms with Gasteiger partial charge in [0.05, 0.1) is 5.69 Å². The summed E-state index contributed by atoms with van der Waals surface area (Å²) >= 11 is 0. The van der Waals surface area contributed by atoms with Gasteiger partial charge < -0.3 is 10.5 Å². The highest BCUT2D eigenvalue weighted by Crippen LogP contribution is 2.31. The summed E-state index contributed by atoms with van der Waals surface area (Å²) in [6, 6.07) is 7.57. The number of hydrogen-bond acceptors (Lipinski definition) is 4. The van der Waals surface area contributed by atoms with Gasteiger partial charge in [0.25, 0.3) is 0 Å². The monoisotopic (exact) mass is 318 g/mol. The number of halogens is 1. The van der Waals surface area contributed by atoms with E-state index in [4.69, 9.17) is 10.5 Å². The number of hydrogen-bond donors (Lipinski definition) is 1. The lowest BCUT2D eigenvalue weighted by Gasteiger charge is -2.28. The van der Waals surface area contributed by atoms with E-state index in [1.807, 2.05) is 31.3 Å². The van der Waals surface area contributed by atoms with Crippen molar-refractivity contribution in [2.75, 3.05) is 32.0 Å². The lowest BCUT2D eigenvalue weighted by Crippen LogP contribution is -2.37. The third-order valence-electron chi connectivity index (χ3n) is 4.28. The summed E-state index contributed by atoms with van der Waals surface area (Å²) in [5.41, 5.74) is 8.51. The molecule has 0 aliphatic carbocycles. The van der Waals surface area contributed by atoms with Crippen molar-refractivity contribution in [3.8, 4) is 17.0 Å². The zero-order chi connectivity index (χ0) is 16.2. The van der Waals surface area contributed by atoms with Gasteiger partial charge in [0, 0.05) is 44.1 Å². The highest BCUT2D eigenvalue weighted by molar-refractivity contribution is 5.71. The van der Waals surface area contributed by atoms with Crippen LogP contribution in [0.3, 0.4) is 0 Å². The Morgan fingerprint density at radius 2 is 2.09 bits per heavy atom. The molecule has 1 aromatic carbocycles. The van der Waals surface area contributed by atoms with Crippen LogP contribution in [0.15, 0.2) is 30.5 Å². The fraction of sp³-hybridized carbons (Fsp3) is 0.471. The van der Waals surface area contributed by atoms with Crippen LogP contribution in [0.1, 0.15) is 12.8 Å². The van der Waals surface area contributed by atoms with Crippen LogP contribution in [-0.2, 0) is 7.05 Å². The second kappa shape index (κ2) is 7.00. The zero-order valence-electron chi connectivity index (χ0n) is 13.4. The standard InChI is InChI=1S/C17H23FN4O/c1-21-16(4-7-20-21)15-12-14(19)2-3-17(15)23-11-10-22-8-5-13(18)6-9-22/h2-4,7,12-13H,5-6,8-11,19H2,1H3. The third kappa shape index (κ3) is 3.82. The molecule has 2 aromatic rings. The maximum Gasteiger partial charge on any atom is 0.128 e. The van der Waals surface area contributed by atoms with E-state index in [9.17, 15) is 4.39 Å². The molecule has 2 heterocycles. The van der Waals surface area contributed by atoms with Crippen molar-refractivity contribution in [3.63, 3.8) is 0 Å². The summed E-state index contributed by atoms with van der Waals surface area (Å²) in [6.07, 6.45) is 2.37. The molecule has 124 valence electrons. The van der Waals surface area contributed by atoms with E-state index in [-0.39, 0.29) is 0 Å². The summed E-state index contributed by atoms with van der Waals surface area (Å²) in [7, 11) is 1.89. The molecule has 0 bridgehead atoms. The number of nitrogens with zero attached hydrogens (tertiary/aromatic N) is 3. The molecule has 1 saturated heterocycles. The number of rotatable bonds is 5. The van der Waals surface area contributed by atoms with E-state index >= 15 is 0 Å². The molecule has 0 spiro atoms. The molecule has 0 saturated carbocycles. The SMILES string of the molecule is Cn1nccc1-c1cc(N)ccc1OCCN1CCC(F)CC1. The Bertz CT molecular complexity index is 650. The molecule has 5 nitrogen and oxygen atoms in total. The number of aromatic nitrogens is 2. The smallest absolute Gasteiger partial charge is 0.128 e. The minimum Gasteiger partial charge on any atom is -0.492 e. The molecule has 0 atom stereocenters. The van der Waals surface area contributed by atoms with Gasteiger partial charge in [-0.2, -0.15) is 5.10 Å². The summed E-state index contributed by atoms with van der Waals surface area (Å²) in [4.78, 5) is 2.25. The first-order chi connectivity index (χ1) is 11.1. The highest BCUT2D eigenvalue weighted by atomic mass is 19.1. The average Bonchev–Trinajstić information content (AvgIpc) is 2.96. The second-order valence-corrected chi connectivity index (χ2v) is 5.96. The molecule has 3 rings (SSSR count). The number of aryl methyl sites for hydroxylation is 1. The van der Waals surface area contributed by atoms with Gasteiger partial charge >= 0.3 is 0 Å². The van der Waals surface area contributed by atoms with Gasteiger partial charge in [0.2, 0.25) is 0 Å². The lowest BCUT2D eigenvalue weighted by molar-refractivity contribution is 0.132. The quantitative estimate of drug-likeness (QED) is 0.861. The third-order valence-corrected chi connectivity index (χ3v) is 4.28. The molecule has 1 aromatic heterocycles. The highest BCUT2D eigenvalue weighted by Gasteiger charge is 2.18. The van der Waals surface area contributed by atoms with Crippen molar-refractivity contribution in [1.82, 2.24) is 14.7 Å². The molecule has 0 radical (unpaired) electrons. The molecule has 23 heavy (non-hydrogen) atoms. The number of piperidine rings is 1. The Balaban J connectivity index is 1.65. The number of ether oxygens (including phenoxy) is 1. The zero-order valence-corrected chi connectivity index (χ0v) is 13.4. The van der Waals surface area contributed by atoms with Gasteiger partial charge in [0.15, 0.2) is 0 Å². The first-order valence-electron chi connectivity index (χ1n) is 8.00. The molecule has 1 fully saturated rings. The predicted octanol–water partition coefficient (Wildman–Crippen LogP) is 2.48. The normalized spacial score (nSPS) is 16.6. The number of likely N-dealkylation sites (tertiary alicyclic amines) is 1. The molecule has 1 aliphatic heterocycles. The van der Waals surface area contributed by atoms with E-state index in [0.717, 1.165) is 36.6 Å². The van der Waals surface area contributed by atoms with E-state index < -0.39 is 6.17 Å².